The summed E-state index contributed by atoms with van der Waals surface area (Å²) in [4.78, 5) is 28.2. The molecule has 1 aromatic heterocycles. The average molecular weight is 343 g/mol. The fraction of sp³-hybridized carbons (Fsp3) is 0.316. The summed E-state index contributed by atoms with van der Waals surface area (Å²) in [6.45, 7) is 2.75. The molecule has 25 heavy (non-hydrogen) atoms. The summed E-state index contributed by atoms with van der Waals surface area (Å²) < 4.78 is 13.6. The number of nitrogens with zero attached hydrogens (tertiary/aromatic N) is 1. The number of amides is 2. The van der Waals surface area contributed by atoms with Crippen molar-refractivity contribution in [1.29, 1.82) is 0 Å². The van der Waals surface area contributed by atoms with Crippen LogP contribution in [0.2, 0.25) is 0 Å². The van der Waals surface area contributed by atoms with Crippen LogP contribution in [-0.4, -0.2) is 23.3 Å². The second kappa shape index (κ2) is 9.52. The van der Waals surface area contributed by atoms with Gasteiger partial charge >= 0.3 is 0 Å². The maximum Gasteiger partial charge on any atom is 0.270 e. The first-order chi connectivity index (χ1) is 12.1. The molecule has 2 amide bonds. The molecule has 0 unspecified atom stereocenters. The molecule has 0 radical (unpaired) electrons. The molecule has 1 aromatic carbocycles. The molecular weight excluding hydrogens is 321 g/mol. The number of rotatable bonds is 8. The molecule has 6 heteroatoms. The highest BCUT2D eigenvalue weighted by atomic mass is 19.1. The van der Waals surface area contributed by atoms with Gasteiger partial charge in [0.15, 0.2) is 0 Å². The van der Waals surface area contributed by atoms with E-state index >= 15 is 0 Å². The highest BCUT2D eigenvalue weighted by molar-refractivity contribution is 5.98. The van der Waals surface area contributed by atoms with Crippen molar-refractivity contribution in [3.8, 4) is 0 Å². The zero-order valence-corrected chi connectivity index (χ0v) is 14.2. The molecule has 0 spiro atoms. The largest absolute Gasteiger partial charge is 0.352 e. The molecule has 2 N–H and O–H groups in total. The molecule has 0 aliphatic carbocycles. The Morgan fingerprint density at radius 2 is 1.88 bits per heavy atom. The number of aromatic nitrogens is 1. The quantitative estimate of drug-likeness (QED) is 0.724. The number of unbranched alkanes of at least 4 members (excludes halogenated alkanes) is 2. The molecule has 2 aromatic rings. The van der Waals surface area contributed by atoms with E-state index in [9.17, 15) is 14.0 Å². The van der Waals surface area contributed by atoms with E-state index in [0.29, 0.717) is 17.7 Å². The fourth-order valence-corrected chi connectivity index (χ4v) is 2.28. The number of carbonyl (C=O) groups is 2. The Hall–Kier alpha value is -2.76. The van der Waals surface area contributed by atoms with Gasteiger partial charge in [-0.25, -0.2) is 4.39 Å². The Kier molecular flexibility index (Phi) is 7.07. The standard InChI is InChI=1S/C19H22FN3O2/c1-2-3-6-10-22-18(24)14-9-11-21-17(12-14)19(25)23-13-15-7-4-5-8-16(15)20/h4-5,7-9,11-12H,2-3,6,10,13H2,1H3,(H,22,24)(H,23,25). The Morgan fingerprint density at radius 3 is 2.64 bits per heavy atom. The van der Waals surface area contributed by atoms with Gasteiger partial charge in [0.1, 0.15) is 11.5 Å². The van der Waals surface area contributed by atoms with Crippen LogP contribution in [0.15, 0.2) is 42.6 Å². The first-order valence-electron chi connectivity index (χ1n) is 8.37. The van der Waals surface area contributed by atoms with E-state index in [0.717, 1.165) is 19.3 Å². The molecule has 132 valence electrons. The highest BCUT2D eigenvalue weighted by Crippen LogP contribution is 2.07. The predicted octanol–water partition coefficient (Wildman–Crippen LogP) is 3.07. The van der Waals surface area contributed by atoms with Gasteiger partial charge in [-0.1, -0.05) is 38.0 Å². The number of halogens is 1. The smallest absolute Gasteiger partial charge is 0.270 e. The fourth-order valence-electron chi connectivity index (χ4n) is 2.28. The molecule has 0 aliphatic rings. The Morgan fingerprint density at radius 1 is 1.08 bits per heavy atom. The maximum absolute atomic E-state index is 13.6. The van der Waals surface area contributed by atoms with Crippen molar-refractivity contribution in [2.24, 2.45) is 0 Å². The molecule has 1 heterocycles. The van der Waals surface area contributed by atoms with Crippen molar-refractivity contribution in [2.75, 3.05) is 6.54 Å². The van der Waals surface area contributed by atoms with Crippen LogP contribution in [0.25, 0.3) is 0 Å². The Bertz CT molecular complexity index is 734. The first-order valence-corrected chi connectivity index (χ1v) is 8.37. The van der Waals surface area contributed by atoms with Crippen LogP contribution in [-0.2, 0) is 6.54 Å². The molecule has 0 atom stereocenters. The van der Waals surface area contributed by atoms with E-state index in [1.54, 1.807) is 24.3 Å². The number of hydrogen-bond acceptors (Lipinski definition) is 3. The maximum atomic E-state index is 13.6. The van der Waals surface area contributed by atoms with Crippen LogP contribution in [0.3, 0.4) is 0 Å². The number of hydrogen-bond donors (Lipinski definition) is 2. The zero-order valence-electron chi connectivity index (χ0n) is 14.2. The summed E-state index contributed by atoms with van der Waals surface area (Å²) in [5.41, 5.74) is 0.890. The lowest BCUT2D eigenvalue weighted by atomic mass is 10.2. The van der Waals surface area contributed by atoms with E-state index in [4.69, 9.17) is 0 Å². The number of carbonyl (C=O) groups excluding carboxylic acids is 2. The minimum absolute atomic E-state index is 0.0562. The lowest BCUT2D eigenvalue weighted by Gasteiger charge is -2.08. The van der Waals surface area contributed by atoms with Gasteiger partial charge in [-0.05, 0) is 24.6 Å². The topological polar surface area (TPSA) is 71.1 Å². The van der Waals surface area contributed by atoms with Crippen molar-refractivity contribution in [1.82, 2.24) is 15.6 Å². The second-order valence-electron chi connectivity index (χ2n) is 5.67. The Balaban J connectivity index is 1.94. The van der Waals surface area contributed by atoms with Crippen molar-refractivity contribution in [3.63, 3.8) is 0 Å². The zero-order chi connectivity index (χ0) is 18.1. The Labute approximate surface area is 146 Å². The van der Waals surface area contributed by atoms with E-state index < -0.39 is 5.91 Å². The molecule has 2 rings (SSSR count). The molecule has 0 bridgehead atoms. The van der Waals surface area contributed by atoms with Crippen LogP contribution < -0.4 is 10.6 Å². The lowest BCUT2D eigenvalue weighted by Crippen LogP contribution is -2.27. The summed E-state index contributed by atoms with van der Waals surface area (Å²) >= 11 is 0. The summed E-state index contributed by atoms with van der Waals surface area (Å²) in [6.07, 6.45) is 4.47. The molecule has 5 nitrogen and oxygen atoms in total. The van der Waals surface area contributed by atoms with E-state index in [-0.39, 0.29) is 24.0 Å². The van der Waals surface area contributed by atoms with Crippen molar-refractivity contribution in [3.05, 3.63) is 65.2 Å². The van der Waals surface area contributed by atoms with E-state index in [1.807, 2.05) is 0 Å². The summed E-state index contributed by atoms with van der Waals surface area (Å²) in [6, 6.07) is 9.22. The minimum atomic E-state index is -0.455. The minimum Gasteiger partial charge on any atom is -0.352 e. The third kappa shape index (κ3) is 5.67. The van der Waals surface area contributed by atoms with Gasteiger partial charge in [0.05, 0.1) is 0 Å². The third-order valence-electron chi connectivity index (χ3n) is 3.72. The SMILES string of the molecule is CCCCCNC(=O)c1ccnc(C(=O)NCc2ccccc2F)c1. The van der Waals surface area contributed by atoms with E-state index in [1.165, 1.54) is 18.3 Å². The lowest BCUT2D eigenvalue weighted by molar-refractivity contribution is 0.0945. The van der Waals surface area contributed by atoms with Gasteiger partial charge in [0.25, 0.3) is 11.8 Å². The normalized spacial score (nSPS) is 10.3. The average Bonchev–Trinajstić information content (AvgIpc) is 2.64. The van der Waals surface area contributed by atoms with Gasteiger partial charge in [-0.3, -0.25) is 14.6 Å². The van der Waals surface area contributed by atoms with Gasteiger partial charge in [0, 0.05) is 30.4 Å². The number of benzene rings is 1. The third-order valence-corrected chi connectivity index (χ3v) is 3.72. The van der Waals surface area contributed by atoms with Crippen molar-refractivity contribution < 1.29 is 14.0 Å². The number of pyridine rings is 1. The van der Waals surface area contributed by atoms with Crippen LogP contribution in [0, 0.1) is 5.82 Å². The summed E-state index contributed by atoms with van der Waals surface area (Å²) in [5, 5.41) is 5.43. The van der Waals surface area contributed by atoms with E-state index in [2.05, 4.69) is 22.5 Å². The summed E-state index contributed by atoms with van der Waals surface area (Å²) in [7, 11) is 0. The van der Waals surface area contributed by atoms with Gasteiger partial charge in [-0.2, -0.15) is 0 Å². The van der Waals surface area contributed by atoms with Crippen LogP contribution in [0.5, 0.6) is 0 Å². The number of nitrogens with one attached hydrogen (secondary N) is 2. The van der Waals surface area contributed by atoms with Crippen molar-refractivity contribution >= 4 is 11.8 Å². The van der Waals surface area contributed by atoms with Gasteiger partial charge in [-0.15, -0.1) is 0 Å². The van der Waals surface area contributed by atoms with Crippen LogP contribution >= 0.6 is 0 Å². The molecule has 0 saturated heterocycles. The molecule has 0 fully saturated rings. The van der Waals surface area contributed by atoms with Gasteiger partial charge < -0.3 is 10.6 Å². The van der Waals surface area contributed by atoms with Crippen LogP contribution in [0.4, 0.5) is 4.39 Å². The highest BCUT2D eigenvalue weighted by Gasteiger charge is 2.12. The van der Waals surface area contributed by atoms with Crippen LogP contribution in [0.1, 0.15) is 52.6 Å². The molecule has 0 saturated carbocycles. The molecular formula is C19H22FN3O2. The first kappa shape index (κ1) is 18.6. The monoisotopic (exact) mass is 343 g/mol. The predicted molar refractivity (Wildman–Crippen MR) is 93.7 cm³/mol. The summed E-state index contributed by atoms with van der Waals surface area (Å²) in [5.74, 6) is -1.07. The molecule has 0 aliphatic heterocycles. The second-order valence-corrected chi connectivity index (χ2v) is 5.67. The van der Waals surface area contributed by atoms with Crippen molar-refractivity contribution in [2.45, 2.75) is 32.7 Å². The van der Waals surface area contributed by atoms with Gasteiger partial charge in [0.2, 0.25) is 0 Å².